The SMILES string of the molecule is CCCS(=O)(=O)ON1CCc2ccc([N+](=O)[O-])cc21. The van der Waals surface area contributed by atoms with Gasteiger partial charge in [0.1, 0.15) is 0 Å². The first-order chi connectivity index (χ1) is 8.93. The molecule has 0 atom stereocenters. The molecule has 0 fully saturated rings. The highest BCUT2D eigenvalue weighted by Gasteiger charge is 2.26. The summed E-state index contributed by atoms with van der Waals surface area (Å²) in [6.45, 7) is 2.11. The molecular formula is C11H14N2O5S. The zero-order valence-electron chi connectivity index (χ0n) is 10.4. The number of nitrogens with zero attached hydrogens (tertiary/aromatic N) is 2. The molecule has 0 aromatic heterocycles. The Morgan fingerprint density at radius 2 is 2.21 bits per heavy atom. The monoisotopic (exact) mass is 286 g/mol. The number of anilines is 1. The van der Waals surface area contributed by atoms with Crippen molar-refractivity contribution in [2.45, 2.75) is 19.8 Å². The third kappa shape index (κ3) is 3.02. The van der Waals surface area contributed by atoms with Crippen LogP contribution in [0.25, 0.3) is 0 Å². The number of hydroxylamine groups is 1. The number of fused-ring (bicyclic) bond motifs is 1. The van der Waals surface area contributed by atoms with Gasteiger partial charge in [-0.05, 0) is 24.5 Å². The highest BCUT2D eigenvalue weighted by Crippen LogP contribution is 2.32. The van der Waals surface area contributed by atoms with Crippen LogP contribution in [0.5, 0.6) is 0 Å². The first-order valence-corrected chi connectivity index (χ1v) is 7.48. The molecule has 0 amide bonds. The molecule has 0 radical (unpaired) electrons. The fourth-order valence-corrected chi connectivity index (χ4v) is 2.96. The maximum atomic E-state index is 11.6. The van der Waals surface area contributed by atoms with Crippen LogP contribution in [0.1, 0.15) is 18.9 Å². The van der Waals surface area contributed by atoms with Crippen LogP contribution in [0, 0.1) is 10.1 Å². The summed E-state index contributed by atoms with van der Waals surface area (Å²) >= 11 is 0. The van der Waals surface area contributed by atoms with Crippen LogP contribution >= 0.6 is 0 Å². The summed E-state index contributed by atoms with van der Waals surface area (Å²) in [5, 5.41) is 11.9. The van der Waals surface area contributed by atoms with Crippen molar-refractivity contribution in [3.05, 3.63) is 33.9 Å². The summed E-state index contributed by atoms with van der Waals surface area (Å²) in [7, 11) is -3.63. The second-order valence-electron chi connectivity index (χ2n) is 4.26. The molecule has 0 aliphatic carbocycles. The first-order valence-electron chi connectivity index (χ1n) is 5.90. The topological polar surface area (TPSA) is 89.8 Å². The summed E-state index contributed by atoms with van der Waals surface area (Å²) in [5.74, 6) is -0.0756. The van der Waals surface area contributed by atoms with Crippen LogP contribution in [-0.2, 0) is 20.8 Å². The van der Waals surface area contributed by atoms with Crippen LogP contribution < -0.4 is 5.06 Å². The molecule has 8 heteroatoms. The predicted molar refractivity (Wildman–Crippen MR) is 69.3 cm³/mol. The van der Waals surface area contributed by atoms with E-state index < -0.39 is 15.0 Å². The molecule has 1 aromatic rings. The molecule has 1 aromatic carbocycles. The van der Waals surface area contributed by atoms with E-state index in [-0.39, 0.29) is 11.4 Å². The Morgan fingerprint density at radius 1 is 1.47 bits per heavy atom. The van der Waals surface area contributed by atoms with Crippen molar-refractivity contribution in [2.24, 2.45) is 0 Å². The number of nitro benzene ring substituents is 1. The van der Waals surface area contributed by atoms with Crippen molar-refractivity contribution in [3.8, 4) is 0 Å². The number of hydrogen-bond donors (Lipinski definition) is 0. The minimum Gasteiger partial charge on any atom is -0.258 e. The summed E-state index contributed by atoms with van der Waals surface area (Å²) in [6, 6.07) is 4.37. The van der Waals surface area contributed by atoms with Gasteiger partial charge >= 0.3 is 0 Å². The van der Waals surface area contributed by atoms with Crippen molar-refractivity contribution in [1.82, 2.24) is 0 Å². The van der Waals surface area contributed by atoms with E-state index in [1.807, 2.05) is 0 Å². The molecule has 104 valence electrons. The van der Waals surface area contributed by atoms with E-state index in [1.54, 1.807) is 13.0 Å². The third-order valence-corrected chi connectivity index (χ3v) is 4.11. The molecule has 0 N–H and O–H groups in total. The number of hydrogen-bond acceptors (Lipinski definition) is 6. The van der Waals surface area contributed by atoms with Gasteiger partial charge in [0.2, 0.25) is 0 Å². The maximum absolute atomic E-state index is 11.6. The Morgan fingerprint density at radius 3 is 2.84 bits per heavy atom. The Bertz CT molecular complexity index is 599. The number of nitro groups is 1. The van der Waals surface area contributed by atoms with Crippen LogP contribution in [-0.4, -0.2) is 25.6 Å². The van der Waals surface area contributed by atoms with Crippen molar-refractivity contribution in [3.63, 3.8) is 0 Å². The number of non-ortho nitro benzene ring substituents is 1. The number of rotatable bonds is 5. The summed E-state index contributed by atoms with van der Waals surface area (Å²) < 4.78 is 28.2. The van der Waals surface area contributed by atoms with Gasteiger partial charge in [-0.25, -0.2) is 5.06 Å². The van der Waals surface area contributed by atoms with Gasteiger partial charge in [-0.1, -0.05) is 6.92 Å². The fraction of sp³-hybridized carbons (Fsp3) is 0.455. The van der Waals surface area contributed by atoms with E-state index in [4.69, 9.17) is 4.28 Å². The van der Waals surface area contributed by atoms with Crippen molar-refractivity contribution < 1.29 is 17.6 Å². The van der Waals surface area contributed by atoms with Gasteiger partial charge in [0.25, 0.3) is 15.8 Å². The predicted octanol–water partition coefficient (Wildman–Crippen LogP) is 1.63. The minimum absolute atomic E-state index is 0.0756. The molecule has 1 aliphatic rings. The van der Waals surface area contributed by atoms with Gasteiger partial charge in [-0.2, -0.15) is 8.42 Å². The van der Waals surface area contributed by atoms with Gasteiger partial charge in [-0.15, -0.1) is 4.28 Å². The molecule has 1 aliphatic heterocycles. The normalized spacial score (nSPS) is 14.5. The Kier molecular flexibility index (Phi) is 3.72. The van der Waals surface area contributed by atoms with Gasteiger partial charge in [0, 0.05) is 12.1 Å². The second-order valence-corrected chi connectivity index (χ2v) is 5.93. The highest BCUT2D eigenvalue weighted by atomic mass is 32.2. The first kappa shape index (κ1) is 13.8. The Labute approximate surface area is 111 Å². The summed E-state index contributed by atoms with van der Waals surface area (Å²) in [5.41, 5.74) is 1.22. The molecule has 0 unspecified atom stereocenters. The molecule has 7 nitrogen and oxygen atoms in total. The lowest BCUT2D eigenvalue weighted by Gasteiger charge is -2.17. The molecular weight excluding hydrogens is 272 g/mol. The van der Waals surface area contributed by atoms with Gasteiger partial charge in [-0.3, -0.25) is 10.1 Å². The van der Waals surface area contributed by atoms with E-state index in [0.717, 1.165) is 5.56 Å². The van der Waals surface area contributed by atoms with Gasteiger partial charge in [0.05, 0.1) is 22.9 Å². The molecule has 0 saturated carbocycles. The Balaban J connectivity index is 2.26. The zero-order chi connectivity index (χ0) is 14.0. The van der Waals surface area contributed by atoms with Crippen LogP contribution in [0.2, 0.25) is 0 Å². The highest BCUT2D eigenvalue weighted by molar-refractivity contribution is 7.86. The van der Waals surface area contributed by atoms with Gasteiger partial charge in [0.15, 0.2) is 0 Å². The minimum atomic E-state index is -3.63. The van der Waals surface area contributed by atoms with E-state index in [2.05, 4.69) is 0 Å². The molecule has 0 saturated heterocycles. The average molecular weight is 286 g/mol. The van der Waals surface area contributed by atoms with Crippen molar-refractivity contribution in [2.75, 3.05) is 17.4 Å². The maximum Gasteiger partial charge on any atom is 0.288 e. The van der Waals surface area contributed by atoms with Crippen molar-refractivity contribution in [1.29, 1.82) is 0 Å². The molecule has 0 bridgehead atoms. The smallest absolute Gasteiger partial charge is 0.258 e. The molecule has 2 rings (SSSR count). The van der Waals surface area contributed by atoms with Crippen LogP contribution in [0.15, 0.2) is 18.2 Å². The second kappa shape index (κ2) is 5.14. The van der Waals surface area contributed by atoms with Crippen LogP contribution in [0.4, 0.5) is 11.4 Å². The van der Waals surface area contributed by atoms with Crippen molar-refractivity contribution >= 4 is 21.5 Å². The average Bonchev–Trinajstić information content (AvgIpc) is 2.71. The zero-order valence-corrected chi connectivity index (χ0v) is 11.2. The van der Waals surface area contributed by atoms with E-state index in [1.165, 1.54) is 17.2 Å². The quantitative estimate of drug-likeness (QED) is 0.603. The van der Waals surface area contributed by atoms with Crippen LogP contribution in [0.3, 0.4) is 0 Å². The van der Waals surface area contributed by atoms with E-state index in [9.17, 15) is 18.5 Å². The lowest BCUT2D eigenvalue weighted by atomic mass is 10.1. The molecule has 0 spiro atoms. The molecule has 19 heavy (non-hydrogen) atoms. The summed E-state index contributed by atoms with van der Waals surface area (Å²) in [4.78, 5) is 10.2. The van der Waals surface area contributed by atoms with Gasteiger partial charge < -0.3 is 0 Å². The fourth-order valence-electron chi connectivity index (χ4n) is 1.95. The summed E-state index contributed by atoms with van der Waals surface area (Å²) in [6.07, 6.45) is 1.06. The lowest BCUT2D eigenvalue weighted by molar-refractivity contribution is -0.384. The largest absolute Gasteiger partial charge is 0.288 e. The molecule has 1 heterocycles. The lowest BCUT2D eigenvalue weighted by Crippen LogP contribution is -2.26. The number of benzene rings is 1. The standard InChI is InChI=1S/C11H14N2O5S/c1-2-7-19(16,17)18-12-6-5-9-3-4-10(13(14)15)8-11(9)12/h3-4,8H,2,5-7H2,1H3. The van der Waals surface area contributed by atoms with E-state index in [0.29, 0.717) is 25.1 Å². The van der Waals surface area contributed by atoms with E-state index >= 15 is 0 Å². The third-order valence-electron chi connectivity index (χ3n) is 2.79. The Hall–Kier alpha value is -1.67.